The molecular weight excluding hydrogens is 485 g/mol. The molecular formula is C27H23Cl2N3O3. The van der Waals surface area contributed by atoms with Gasteiger partial charge in [0.2, 0.25) is 0 Å². The van der Waals surface area contributed by atoms with E-state index in [-0.39, 0.29) is 12.5 Å². The minimum atomic E-state index is -0.310. The lowest BCUT2D eigenvalue weighted by Gasteiger charge is -2.13. The van der Waals surface area contributed by atoms with E-state index in [2.05, 4.69) is 10.5 Å². The largest absolute Gasteiger partial charge is 0.490 e. The molecule has 1 aromatic heterocycles. The number of carbonyl (C=O) groups excluding carboxylic acids is 1. The molecule has 0 bridgehead atoms. The molecule has 0 saturated heterocycles. The van der Waals surface area contributed by atoms with Gasteiger partial charge in [-0.3, -0.25) is 4.79 Å². The van der Waals surface area contributed by atoms with E-state index < -0.39 is 0 Å². The first-order valence-corrected chi connectivity index (χ1v) is 11.7. The van der Waals surface area contributed by atoms with Crippen molar-refractivity contribution in [1.82, 2.24) is 9.99 Å². The second-order valence-corrected chi connectivity index (χ2v) is 8.31. The van der Waals surface area contributed by atoms with E-state index in [1.807, 2.05) is 66.3 Å². The summed E-state index contributed by atoms with van der Waals surface area (Å²) in [6.07, 6.45) is 5.32. The highest BCUT2D eigenvalue weighted by Crippen LogP contribution is 2.30. The molecule has 0 fully saturated rings. The van der Waals surface area contributed by atoms with Crippen molar-refractivity contribution in [2.45, 2.75) is 13.5 Å². The molecule has 178 valence electrons. The van der Waals surface area contributed by atoms with Gasteiger partial charge in [0.1, 0.15) is 6.61 Å². The average molecular weight is 508 g/mol. The fourth-order valence-electron chi connectivity index (χ4n) is 3.40. The number of aromatic nitrogens is 1. The van der Waals surface area contributed by atoms with E-state index in [0.29, 0.717) is 33.7 Å². The SMILES string of the molecule is CCOc1cc(/C=N\NC(=O)c2ccccc2-n2cccc2)ccc1OCc1ccc(Cl)cc1Cl. The number of benzene rings is 3. The van der Waals surface area contributed by atoms with E-state index in [4.69, 9.17) is 32.7 Å². The Bertz CT molecular complexity index is 1340. The van der Waals surface area contributed by atoms with Crippen LogP contribution in [0.5, 0.6) is 11.5 Å². The monoisotopic (exact) mass is 507 g/mol. The molecule has 0 radical (unpaired) electrons. The van der Waals surface area contributed by atoms with Gasteiger partial charge in [-0.05, 0) is 67.1 Å². The summed E-state index contributed by atoms with van der Waals surface area (Å²) in [5.41, 5.74) is 5.43. The highest BCUT2D eigenvalue weighted by atomic mass is 35.5. The van der Waals surface area contributed by atoms with E-state index >= 15 is 0 Å². The lowest BCUT2D eigenvalue weighted by atomic mass is 10.1. The Morgan fingerprint density at radius 2 is 1.77 bits per heavy atom. The maximum Gasteiger partial charge on any atom is 0.273 e. The summed E-state index contributed by atoms with van der Waals surface area (Å²) in [5, 5.41) is 5.23. The number of nitrogens with zero attached hydrogens (tertiary/aromatic N) is 2. The van der Waals surface area contributed by atoms with Crippen molar-refractivity contribution in [2.75, 3.05) is 6.61 Å². The first kappa shape index (κ1) is 24.4. The van der Waals surface area contributed by atoms with Crippen LogP contribution in [-0.2, 0) is 6.61 Å². The van der Waals surface area contributed by atoms with Crippen LogP contribution in [0.25, 0.3) is 5.69 Å². The lowest BCUT2D eigenvalue weighted by molar-refractivity contribution is 0.0955. The third-order valence-corrected chi connectivity index (χ3v) is 5.66. The molecule has 1 N–H and O–H groups in total. The van der Waals surface area contributed by atoms with Crippen LogP contribution in [0.3, 0.4) is 0 Å². The summed E-state index contributed by atoms with van der Waals surface area (Å²) in [4.78, 5) is 12.7. The van der Waals surface area contributed by atoms with Crippen molar-refractivity contribution in [3.63, 3.8) is 0 Å². The zero-order valence-corrected chi connectivity index (χ0v) is 20.5. The first-order chi connectivity index (χ1) is 17.0. The van der Waals surface area contributed by atoms with E-state index in [0.717, 1.165) is 16.8 Å². The maximum absolute atomic E-state index is 12.7. The number of nitrogens with one attached hydrogen (secondary N) is 1. The van der Waals surface area contributed by atoms with Crippen LogP contribution in [0, 0.1) is 0 Å². The second-order valence-electron chi connectivity index (χ2n) is 7.47. The minimum Gasteiger partial charge on any atom is -0.490 e. The third kappa shape index (κ3) is 6.23. The number of para-hydroxylation sites is 1. The van der Waals surface area contributed by atoms with E-state index in [1.165, 1.54) is 0 Å². The number of ether oxygens (including phenoxy) is 2. The standard InChI is InChI=1S/C27H23Cl2N3O3/c1-2-34-26-15-19(9-12-25(26)35-18-20-10-11-21(28)16-23(20)29)17-30-31-27(33)22-7-3-4-8-24(22)32-13-5-6-14-32/h3-17H,2,18H2,1H3,(H,31,33)/b30-17-. The Morgan fingerprint density at radius 3 is 2.54 bits per heavy atom. The number of hydrogen-bond donors (Lipinski definition) is 1. The molecule has 0 aliphatic rings. The Labute approximate surface area is 213 Å². The minimum absolute atomic E-state index is 0.264. The summed E-state index contributed by atoms with van der Waals surface area (Å²) in [6.45, 7) is 2.62. The molecule has 4 aromatic rings. The second kappa shape index (κ2) is 11.6. The molecule has 1 amide bonds. The number of carbonyl (C=O) groups is 1. The van der Waals surface area contributed by atoms with Gasteiger partial charge in [0, 0.05) is 28.0 Å². The third-order valence-electron chi connectivity index (χ3n) is 5.08. The van der Waals surface area contributed by atoms with Crippen molar-refractivity contribution in [3.8, 4) is 17.2 Å². The van der Waals surface area contributed by atoms with Gasteiger partial charge in [-0.2, -0.15) is 5.10 Å². The number of halogens is 2. The summed E-state index contributed by atoms with van der Waals surface area (Å²) in [7, 11) is 0. The number of amides is 1. The molecule has 0 atom stereocenters. The Kier molecular flexibility index (Phi) is 8.08. The fourth-order valence-corrected chi connectivity index (χ4v) is 3.86. The highest BCUT2D eigenvalue weighted by molar-refractivity contribution is 6.35. The van der Waals surface area contributed by atoms with Gasteiger partial charge in [-0.25, -0.2) is 5.43 Å². The molecule has 3 aromatic carbocycles. The average Bonchev–Trinajstić information content (AvgIpc) is 3.39. The van der Waals surface area contributed by atoms with Crippen LogP contribution in [-0.4, -0.2) is 23.3 Å². The van der Waals surface area contributed by atoms with Gasteiger partial charge in [0.25, 0.3) is 5.91 Å². The van der Waals surface area contributed by atoms with Crippen LogP contribution in [0.1, 0.15) is 28.4 Å². The Morgan fingerprint density at radius 1 is 0.971 bits per heavy atom. The van der Waals surface area contributed by atoms with Gasteiger partial charge in [0.15, 0.2) is 11.5 Å². The van der Waals surface area contributed by atoms with Crippen LogP contribution >= 0.6 is 23.2 Å². The molecule has 1 heterocycles. The summed E-state index contributed by atoms with van der Waals surface area (Å²) >= 11 is 12.2. The van der Waals surface area contributed by atoms with Crippen molar-refractivity contribution in [1.29, 1.82) is 0 Å². The first-order valence-electron chi connectivity index (χ1n) is 10.9. The topological polar surface area (TPSA) is 64.8 Å². The van der Waals surface area contributed by atoms with Crippen LogP contribution in [0.15, 0.2) is 90.3 Å². The van der Waals surface area contributed by atoms with Gasteiger partial charge in [-0.1, -0.05) is 41.4 Å². The van der Waals surface area contributed by atoms with Crippen molar-refractivity contribution >= 4 is 35.3 Å². The van der Waals surface area contributed by atoms with Crippen molar-refractivity contribution in [3.05, 3.63) is 112 Å². The Hall–Kier alpha value is -3.74. The van der Waals surface area contributed by atoms with E-state index in [1.54, 1.807) is 36.5 Å². The van der Waals surface area contributed by atoms with Gasteiger partial charge in [-0.15, -0.1) is 0 Å². The maximum atomic E-state index is 12.7. The summed E-state index contributed by atoms with van der Waals surface area (Å²) < 4.78 is 13.5. The summed E-state index contributed by atoms with van der Waals surface area (Å²) in [5.74, 6) is 0.820. The predicted octanol–water partition coefficient (Wildman–Crippen LogP) is 6.53. The zero-order chi connectivity index (χ0) is 24.6. The molecule has 0 saturated carbocycles. The van der Waals surface area contributed by atoms with Crippen molar-refractivity contribution in [2.24, 2.45) is 5.10 Å². The lowest BCUT2D eigenvalue weighted by Crippen LogP contribution is -2.19. The zero-order valence-electron chi connectivity index (χ0n) is 18.9. The van der Waals surface area contributed by atoms with Crippen molar-refractivity contribution < 1.29 is 14.3 Å². The molecule has 0 unspecified atom stereocenters. The van der Waals surface area contributed by atoms with Crippen LogP contribution in [0.4, 0.5) is 0 Å². The summed E-state index contributed by atoms with van der Waals surface area (Å²) in [6, 6.07) is 21.8. The number of hydrazone groups is 1. The molecule has 0 aliphatic carbocycles. The van der Waals surface area contributed by atoms with Gasteiger partial charge < -0.3 is 14.0 Å². The molecule has 0 aliphatic heterocycles. The van der Waals surface area contributed by atoms with Gasteiger partial charge in [0.05, 0.1) is 24.1 Å². The molecule has 8 heteroatoms. The molecule has 6 nitrogen and oxygen atoms in total. The number of hydrogen-bond acceptors (Lipinski definition) is 4. The fraction of sp³-hybridized carbons (Fsp3) is 0.111. The molecule has 0 spiro atoms. The quantitative estimate of drug-likeness (QED) is 0.207. The van der Waals surface area contributed by atoms with Crippen LogP contribution in [0.2, 0.25) is 10.0 Å². The van der Waals surface area contributed by atoms with Crippen LogP contribution < -0.4 is 14.9 Å². The smallest absolute Gasteiger partial charge is 0.273 e. The normalized spacial score (nSPS) is 10.9. The highest BCUT2D eigenvalue weighted by Gasteiger charge is 2.12. The Balaban J connectivity index is 1.44. The molecule has 35 heavy (non-hydrogen) atoms. The molecule has 4 rings (SSSR count). The predicted molar refractivity (Wildman–Crippen MR) is 139 cm³/mol. The van der Waals surface area contributed by atoms with E-state index in [9.17, 15) is 4.79 Å². The number of rotatable bonds is 9. The van der Waals surface area contributed by atoms with Gasteiger partial charge >= 0.3 is 0 Å².